The molecule has 0 spiro atoms. The highest BCUT2D eigenvalue weighted by molar-refractivity contribution is 5.83. The largest absolute Gasteiger partial charge is 0.493 e. The summed E-state index contributed by atoms with van der Waals surface area (Å²) in [6.07, 6.45) is 2.55. The van der Waals surface area contributed by atoms with E-state index in [1.54, 1.807) is 0 Å². The van der Waals surface area contributed by atoms with Gasteiger partial charge in [-0.3, -0.25) is 14.9 Å². The van der Waals surface area contributed by atoms with Gasteiger partial charge in [-0.15, -0.1) is 0 Å². The number of nitro benzene ring substituents is 1. The van der Waals surface area contributed by atoms with Crippen LogP contribution in [0.2, 0.25) is 0 Å². The van der Waals surface area contributed by atoms with Crippen LogP contribution in [0.4, 0.5) is 5.69 Å². The number of rotatable bonds is 5. The Morgan fingerprint density at radius 2 is 2.05 bits per heavy atom. The molecule has 7 heteroatoms. The number of hydrogen-bond donors (Lipinski definition) is 1. The summed E-state index contributed by atoms with van der Waals surface area (Å²) in [4.78, 5) is 21.3. The third kappa shape index (κ3) is 3.30. The maximum Gasteiger partial charge on any atom is 0.283 e. The molecule has 114 valence electrons. The van der Waals surface area contributed by atoms with E-state index >= 15 is 0 Å². The molecule has 1 saturated carbocycles. The van der Waals surface area contributed by atoms with Crippen molar-refractivity contribution in [3.8, 4) is 11.5 Å². The van der Waals surface area contributed by atoms with Gasteiger partial charge in [-0.1, -0.05) is 6.42 Å². The first-order valence-electron chi connectivity index (χ1n) is 6.73. The zero-order valence-corrected chi connectivity index (χ0v) is 11.7. The van der Waals surface area contributed by atoms with Crippen LogP contribution in [0.15, 0.2) is 12.1 Å². The number of benzene rings is 1. The van der Waals surface area contributed by atoms with Crippen LogP contribution in [-0.4, -0.2) is 35.6 Å². The fourth-order valence-electron chi connectivity index (χ4n) is 2.45. The molecule has 21 heavy (non-hydrogen) atoms. The Hall–Kier alpha value is -2.15. The van der Waals surface area contributed by atoms with Crippen molar-refractivity contribution >= 4 is 12.0 Å². The van der Waals surface area contributed by atoms with E-state index in [2.05, 4.69) is 0 Å². The topological polar surface area (TPSA) is 98.9 Å². The minimum atomic E-state index is -0.646. The van der Waals surface area contributed by atoms with E-state index in [9.17, 15) is 20.0 Å². The van der Waals surface area contributed by atoms with Crippen molar-refractivity contribution in [3.63, 3.8) is 0 Å². The summed E-state index contributed by atoms with van der Waals surface area (Å²) in [7, 11) is 1.39. The lowest BCUT2D eigenvalue weighted by molar-refractivity contribution is -0.385. The van der Waals surface area contributed by atoms with Crippen LogP contribution in [-0.2, 0) is 0 Å². The van der Waals surface area contributed by atoms with Gasteiger partial charge in [0, 0.05) is 6.07 Å². The highest BCUT2D eigenvalue weighted by atomic mass is 16.6. The van der Waals surface area contributed by atoms with Crippen LogP contribution >= 0.6 is 0 Å². The molecule has 1 aliphatic carbocycles. The maximum atomic E-state index is 11.0. The second kappa shape index (κ2) is 6.53. The van der Waals surface area contributed by atoms with Gasteiger partial charge in [0.05, 0.1) is 29.8 Å². The van der Waals surface area contributed by atoms with Gasteiger partial charge in [0.15, 0.2) is 17.8 Å². The first kappa shape index (κ1) is 15.2. The number of aldehydes is 1. The molecule has 0 heterocycles. The summed E-state index contributed by atoms with van der Waals surface area (Å²) in [5.41, 5.74) is -0.417. The highest BCUT2D eigenvalue weighted by Gasteiger charge is 2.27. The van der Waals surface area contributed by atoms with E-state index in [1.807, 2.05) is 0 Å². The summed E-state index contributed by atoms with van der Waals surface area (Å²) in [5, 5.41) is 20.9. The van der Waals surface area contributed by atoms with Crippen molar-refractivity contribution in [1.82, 2.24) is 0 Å². The molecule has 2 unspecified atom stereocenters. The van der Waals surface area contributed by atoms with Crippen LogP contribution < -0.4 is 9.47 Å². The molecule has 1 aromatic carbocycles. The number of carbonyl (C=O) groups is 1. The number of aliphatic hydroxyl groups excluding tert-OH is 1. The second-order valence-corrected chi connectivity index (χ2v) is 4.94. The van der Waals surface area contributed by atoms with Crippen molar-refractivity contribution < 1.29 is 24.3 Å². The SMILES string of the molecule is COc1cc(C=O)c([N+](=O)[O-])cc1OC1CCCCC1O. The van der Waals surface area contributed by atoms with Gasteiger partial charge in [-0.25, -0.2) is 0 Å². The van der Waals surface area contributed by atoms with Crippen molar-refractivity contribution in [2.45, 2.75) is 37.9 Å². The van der Waals surface area contributed by atoms with E-state index in [0.717, 1.165) is 12.8 Å². The second-order valence-electron chi connectivity index (χ2n) is 4.94. The van der Waals surface area contributed by atoms with Crippen molar-refractivity contribution in [1.29, 1.82) is 0 Å². The van der Waals surface area contributed by atoms with Gasteiger partial charge in [0.2, 0.25) is 0 Å². The lowest BCUT2D eigenvalue weighted by Gasteiger charge is -2.28. The van der Waals surface area contributed by atoms with Crippen LogP contribution in [0.25, 0.3) is 0 Å². The Labute approximate surface area is 121 Å². The third-order valence-corrected chi connectivity index (χ3v) is 3.58. The Balaban J connectivity index is 2.34. The molecule has 7 nitrogen and oxygen atoms in total. The molecule has 2 atom stereocenters. The number of nitro groups is 1. The maximum absolute atomic E-state index is 11.0. The predicted octanol–water partition coefficient (Wildman–Crippen LogP) is 2.10. The Bertz CT molecular complexity index is 545. The zero-order valence-electron chi connectivity index (χ0n) is 11.7. The van der Waals surface area contributed by atoms with E-state index in [-0.39, 0.29) is 22.7 Å². The van der Waals surface area contributed by atoms with E-state index in [4.69, 9.17) is 9.47 Å². The van der Waals surface area contributed by atoms with Crippen molar-refractivity contribution in [2.24, 2.45) is 0 Å². The Morgan fingerprint density at radius 3 is 2.62 bits per heavy atom. The number of carbonyl (C=O) groups excluding carboxylic acids is 1. The Kier molecular flexibility index (Phi) is 4.74. The average Bonchev–Trinajstić information content (AvgIpc) is 2.49. The fourth-order valence-corrected chi connectivity index (χ4v) is 2.45. The molecule has 2 rings (SSSR count). The van der Waals surface area contributed by atoms with Gasteiger partial charge in [0.1, 0.15) is 6.10 Å². The first-order valence-corrected chi connectivity index (χ1v) is 6.73. The molecule has 0 aliphatic heterocycles. The molecule has 0 bridgehead atoms. The molecule has 1 aromatic rings. The number of ether oxygens (including phenoxy) is 2. The predicted molar refractivity (Wildman–Crippen MR) is 73.9 cm³/mol. The average molecular weight is 295 g/mol. The van der Waals surface area contributed by atoms with Crippen LogP contribution in [0, 0.1) is 10.1 Å². The van der Waals surface area contributed by atoms with Crippen molar-refractivity contribution in [2.75, 3.05) is 7.11 Å². The number of nitrogens with zero attached hydrogens (tertiary/aromatic N) is 1. The molecule has 1 fully saturated rings. The lowest BCUT2D eigenvalue weighted by Crippen LogP contribution is -2.34. The normalized spacial score (nSPS) is 21.6. The van der Waals surface area contributed by atoms with Gasteiger partial charge in [0.25, 0.3) is 5.69 Å². The van der Waals surface area contributed by atoms with Crippen LogP contribution in [0.3, 0.4) is 0 Å². The van der Waals surface area contributed by atoms with Gasteiger partial charge in [-0.05, 0) is 19.3 Å². The highest BCUT2D eigenvalue weighted by Crippen LogP contribution is 2.36. The monoisotopic (exact) mass is 295 g/mol. The summed E-state index contributed by atoms with van der Waals surface area (Å²) < 4.78 is 10.8. The summed E-state index contributed by atoms with van der Waals surface area (Å²) >= 11 is 0. The molecule has 0 saturated heterocycles. The summed E-state index contributed by atoms with van der Waals surface area (Å²) in [5.74, 6) is 0.404. The molecule has 0 aromatic heterocycles. The molecule has 1 N–H and O–H groups in total. The van der Waals surface area contributed by atoms with Crippen molar-refractivity contribution in [3.05, 3.63) is 27.8 Å². The van der Waals surface area contributed by atoms with E-state index < -0.39 is 17.1 Å². The quantitative estimate of drug-likeness (QED) is 0.507. The van der Waals surface area contributed by atoms with E-state index in [0.29, 0.717) is 19.1 Å². The summed E-state index contributed by atoms with van der Waals surface area (Å²) in [6, 6.07) is 2.44. The number of aliphatic hydroxyl groups is 1. The Morgan fingerprint density at radius 1 is 1.33 bits per heavy atom. The fraction of sp³-hybridized carbons (Fsp3) is 0.500. The smallest absolute Gasteiger partial charge is 0.283 e. The van der Waals surface area contributed by atoms with E-state index in [1.165, 1.54) is 19.2 Å². The third-order valence-electron chi connectivity index (χ3n) is 3.58. The summed E-state index contributed by atoms with van der Waals surface area (Å²) in [6.45, 7) is 0. The van der Waals surface area contributed by atoms with Crippen LogP contribution in [0.5, 0.6) is 11.5 Å². The molecule has 0 radical (unpaired) electrons. The molecular weight excluding hydrogens is 278 g/mol. The zero-order chi connectivity index (χ0) is 15.4. The minimum Gasteiger partial charge on any atom is -0.493 e. The first-order chi connectivity index (χ1) is 10.1. The molecular formula is C14H17NO6. The van der Waals surface area contributed by atoms with Gasteiger partial charge in [-0.2, -0.15) is 0 Å². The number of methoxy groups -OCH3 is 1. The lowest BCUT2D eigenvalue weighted by atomic mass is 9.95. The number of hydrogen-bond acceptors (Lipinski definition) is 6. The van der Waals surface area contributed by atoms with Crippen LogP contribution in [0.1, 0.15) is 36.0 Å². The standard InChI is InChI=1S/C14H17NO6/c1-20-13-6-9(8-16)10(15(18)19)7-14(13)21-12-5-3-2-4-11(12)17/h6-8,11-12,17H,2-5H2,1H3. The molecule has 0 amide bonds. The van der Waals surface area contributed by atoms with Gasteiger partial charge < -0.3 is 14.6 Å². The van der Waals surface area contributed by atoms with Gasteiger partial charge >= 0.3 is 0 Å². The molecule has 1 aliphatic rings. The minimum absolute atomic E-state index is 0.0756.